The van der Waals surface area contributed by atoms with Gasteiger partial charge in [-0.05, 0) is 0 Å². The summed E-state index contributed by atoms with van der Waals surface area (Å²) in [7, 11) is -24.9. The van der Waals surface area contributed by atoms with E-state index in [2.05, 4.69) is 152 Å². The van der Waals surface area contributed by atoms with Crippen molar-refractivity contribution in [2.24, 2.45) is 0 Å². The lowest BCUT2D eigenvalue weighted by atomic mass is 10.2. The van der Waals surface area contributed by atoms with Crippen LogP contribution in [0.2, 0.25) is 133 Å². The van der Waals surface area contributed by atoms with Crippen LogP contribution >= 0.6 is 0 Å². The lowest BCUT2D eigenvalue weighted by molar-refractivity contribution is 0.662. The lowest BCUT2D eigenvalue weighted by Gasteiger charge is -2.77. The lowest BCUT2D eigenvalue weighted by Crippen LogP contribution is -3.01. The zero-order valence-electron chi connectivity index (χ0n) is 105. The van der Waals surface area contributed by atoms with Crippen LogP contribution in [0.3, 0.4) is 0 Å². The van der Waals surface area contributed by atoms with Gasteiger partial charge >= 0.3 is 0 Å². The van der Waals surface area contributed by atoms with E-state index in [1.165, 1.54) is 205 Å². The molecule has 0 saturated carbocycles. The third kappa shape index (κ3) is 50.4. The Labute approximate surface area is 914 Å². The van der Waals surface area contributed by atoms with Crippen LogP contribution in [0.4, 0.5) is 0 Å². The van der Waals surface area contributed by atoms with E-state index in [1.807, 2.05) is 133 Å². The summed E-state index contributed by atoms with van der Waals surface area (Å²) in [6, 6.07) is 42.7. The summed E-state index contributed by atoms with van der Waals surface area (Å²) >= 11 is 0. The van der Waals surface area contributed by atoms with Crippen LogP contribution in [0.25, 0.3) is 0 Å². The Kier molecular flexibility index (Phi) is 99.1. The quantitative estimate of drug-likeness (QED) is 0.0421. The van der Waals surface area contributed by atoms with Gasteiger partial charge in [0.25, 0.3) is 0 Å². The summed E-state index contributed by atoms with van der Waals surface area (Å²) in [6.07, 6.45) is 139. The van der Waals surface area contributed by atoms with Crippen molar-refractivity contribution in [2.45, 2.75) is 850 Å². The molecule has 0 aromatic carbocycles. The zero-order valence-corrected chi connectivity index (χ0v) is 115. The fraction of sp³-hybridized carbons (Fsp3) is 1.00. The average Bonchev–Trinajstić information content (AvgIpc) is 0.646. The van der Waals surface area contributed by atoms with Crippen molar-refractivity contribution in [3.63, 3.8) is 0 Å². The molecule has 0 spiro atoms. The topological polar surface area (TPSA) is 0 Å². The summed E-state index contributed by atoms with van der Waals surface area (Å²) in [5.41, 5.74) is 0. The van der Waals surface area contributed by atoms with Gasteiger partial charge in [0.2, 0.25) is 0 Å². The first-order valence-electron chi connectivity index (χ1n) is 69.6. The molecule has 0 amide bonds. The monoisotopic (exact) mass is 2150 g/mol. The Hall–Kier alpha value is 2.17. The van der Waals surface area contributed by atoms with Gasteiger partial charge in [-0.15, -0.1) is 0 Å². The molecule has 0 saturated heterocycles. The van der Waals surface area contributed by atoms with Crippen molar-refractivity contribution >= 4 is 72.1 Å². The highest BCUT2D eigenvalue weighted by Gasteiger charge is 2.83. The fourth-order valence-corrected chi connectivity index (χ4v) is 398. The highest BCUT2D eigenvalue weighted by molar-refractivity contribution is 8.08. The third-order valence-corrected chi connectivity index (χ3v) is 250. The van der Waals surface area contributed by atoms with Gasteiger partial charge in [-0.1, -0.05) is 850 Å². The highest BCUT2D eigenvalue weighted by atomic mass is 30.1. The smallest absolute Gasteiger partial charge is 0.0450 e. The van der Waals surface area contributed by atoms with E-state index in [0.29, 0.717) is 0 Å². The van der Waals surface area contributed by atoms with Crippen LogP contribution in [0, 0.1) is 0 Å². The first kappa shape index (κ1) is 144. The molecule has 0 aliphatic rings. The second-order valence-electron chi connectivity index (χ2n) is 51.1. The molecule has 0 nitrogen and oxygen atoms in total. The van der Waals surface area contributed by atoms with E-state index in [4.69, 9.17) is 0 Å². The Morgan fingerprint density at radius 3 is 0.204 bits per heavy atom. The molecular formula is C132H286Si10. The van der Waals surface area contributed by atoms with E-state index in [9.17, 15) is 0 Å². The first-order chi connectivity index (χ1) is 69.6. The number of rotatable bonds is 119. The van der Waals surface area contributed by atoms with Gasteiger partial charge in [-0.3, -0.25) is 0 Å². The van der Waals surface area contributed by atoms with Gasteiger partial charge in [-0.2, -0.15) is 0 Å². The molecule has 0 aromatic rings. The van der Waals surface area contributed by atoms with Crippen LogP contribution in [0.5, 0.6) is 0 Å². The minimum atomic E-state index is -2.69. The Balaban J connectivity index is 15.6. The summed E-state index contributed by atoms with van der Waals surface area (Å²) in [5, 5.41) is 0. The predicted molar refractivity (Wildman–Crippen MR) is 694 cm³/mol. The van der Waals surface area contributed by atoms with E-state index >= 15 is 0 Å². The summed E-state index contributed by atoms with van der Waals surface area (Å²) in [6.45, 7) is 59.6. The largest absolute Gasteiger partial charge is 0.0654 e. The molecule has 0 rings (SSSR count). The van der Waals surface area contributed by atoms with Crippen molar-refractivity contribution in [2.75, 3.05) is 0 Å². The van der Waals surface area contributed by atoms with Crippen LogP contribution in [0.15, 0.2) is 0 Å². The molecule has 0 heterocycles. The van der Waals surface area contributed by atoms with Crippen molar-refractivity contribution in [3.05, 3.63) is 0 Å². The predicted octanol–water partition coefficient (Wildman–Crippen LogP) is 51.9. The fourth-order valence-electron chi connectivity index (χ4n) is 33.7. The number of unbranched alkanes of at least 4 members (excludes halogenated alkanes) is 66. The van der Waals surface area contributed by atoms with Gasteiger partial charge in [0.05, 0.1) is 0 Å². The molecule has 0 aromatic heterocycles. The van der Waals surface area contributed by atoms with Gasteiger partial charge < -0.3 is 0 Å². The molecule has 0 bridgehead atoms. The maximum Gasteiger partial charge on any atom is 0.0450 e. The van der Waals surface area contributed by atoms with Gasteiger partial charge in [0.15, 0.2) is 0 Å². The van der Waals surface area contributed by atoms with Gasteiger partial charge in [0, 0.05) is 72.1 Å². The van der Waals surface area contributed by atoms with Gasteiger partial charge in [-0.25, -0.2) is 0 Å². The molecule has 0 unspecified atom stereocenters. The number of hydrogen-bond acceptors (Lipinski definition) is 0. The molecule has 0 aliphatic heterocycles. The second-order valence-corrected chi connectivity index (χ2v) is 149. The van der Waals surface area contributed by atoms with Crippen molar-refractivity contribution in [1.82, 2.24) is 0 Å². The molecule has 0 fully saturated rings. The van der Waals surface area contributed by atoms with Crippen LogP contribution in [-0.4, -0.2) is 72.1 Å². The Bertz CT molecular complexity index is 2220. The Morgan fingerprint density at radius 1 is 0.0634 bits per heavy atom. The van der Waals surface area contributed by atoms with E-state index < -0.39 is 72.1 Å². The molecule has 0 aliphatic carbocycles. The van der Waals surface area contributed by atoms with Crippen molar-refractivity contribution < 1.29 is 0 Å². The van der Waals surface area contributed by atoms with Crippen molar-refractivity contribution in [1.29, 1.82) is 0 Å². The second kappa shape index (κ2) is 97.6. The van der Waals surface area contributed by atoms with Crippen molar-refractivity contribution in [3.8, 4) is 0 Å². The van der Waals surface area contributed by atoms with E-state index in [1.54, 1.807) is 360 Å². The summed E-state index contributed by atoms with van der Waals surface area (Å²) in [5.74, 6) is 0. The van der Waals surface area contributed by atoms with Crippen LogP contribution in [-0.2, 0) is 0 Å². The summed E-state index contributed by atoms with van der Waals surface area (Å²) in [4.78, 5) is 0. The highest BCUT2D eigenvalue weighted by Crippen LogP contribution is 2.68. The Morgan fingerprint density at radius 2 is 0.127 bits per heavy atom. The van der Waals surface area contributed by atoms with E-state index in [0.717, 1.165) is 0 Å². The van der Waals surface area contributed by atoms with Gasteiger partial charge in [0.1, 0.15) is 0 Å². The van der Waals surface area contributed by atoms with E-state index in [-0.39, 0.29) is 0 Å². The average molecular weight is 2150 g/mol. The standard InChI is InChI=1S/C132H286Si10/c1-23-45-67-89-111-133(112-90-68-46-24-2,113-91-69-47-25-3)135(117-95-73-51-29-7,118-96-74-52-30-8)137(121-99-77-55-33-11,122-100-78-56-34-12)139(125-103-81-59-37-15,126-104-82-60-38-16)141(129-107-85-63-41-19,130-108-86-64-42-20)142(131-109-87-65-43-21,132-110-88-66-44-22)140(127-105-83-61-39-17,128-106-84-62-40-18)138(123-101-79-57-35-13,124-102-80-58-36-14)136(119-97-75-53-31-9,120-98-76-54-32-10)134(114-92-70-48-26-4,115-93-71-49-27-5)116-94-72-50-28-6/h23-132H2,1-22H3. The van der Waals surface area contributed by atoms with Crippen LogP contribution in [0.1, 0.15) is 717 Å². The normalized spacial score (nSPS) is 13.1. The molecule has 10 heteroatoms. The molecule has 0 radical (unpaired) electrons. The molecule has 0 N–H and O–H groups in total. The zero-order chi connectivity index (χ0) is 105. The first-order valence-corrected chi connectivity index (χ1v) is 103. The number of hydrogen-bond donors (Lipinski definition) is 0. The maximum atomic E-state index is 2.75. The maximum absolute atomic E-state index is 2.75. The molecule has 0 atom stereocenters. The molecule has 142 heavy (non-hydrogen) atoms. The summed E-state index contributed by atoms with van der Waals surface area (Å²) < 4.78 is 0. The third-order valence-electron chi connectivity index (χ3n) is 40.8. The SMILES string of the molecule is CCCCCC[Si](CCCCCC)(CCCCCC)[Si](CCCCCC)(CCCCCC)[Si](CCCCCC)(CCCCCC)[Si](CCCCCC)(CCCCCC)[Si](CCCCCC)(CCCCCC)[Si](CCCCCC)(CCCCCC)[Si](CCCCCC)(CCCCCC)[Si](CCCCCC)(CCCCCC)[Si](CCCCCC)(CCCCCC)[Si](CCCCCC)(CCCCCC)CCCCCC. The molecule has 854 valence electrons. The van der Waals surface area contributed by atoms with Crippen LogP contribution < -0.4 is 0 Å². The minimum Gasteiger partial charge on any atom is -0.0654 e. The molecular weight excluding hydrogens is 1870 g/mol. The minimum absolute atomic E-state index is 1.43.